The van der Waals surface area contributed by atoms with Crippen LogP contribution in [0.1, 0.15) is 22.8 Å². The second kappa shape index (κ2) is 9.15. The highest BCUT2D eigenvalue weighted by Gasteiger charge is 2.22. The highest BCUT2D eigenvalue weighted by molar-refractivity contribution is 7.92. The predicted molar refractivity (Wildman–Crippen MR) is 117 cm³/mol. The fourth-order valence-electron chi connectivity index (χ4n) is 2.94. The molecular weight excluding hydrogens is 426 g/mol. The summed E-state index contributed by atoms with van der Waals surface area (Å²) in [6, 6.07) is 16.8. The Kier molecular flexibility index (Phi) is 6.59. The Hall–Kier alpha value is -3.10. The summed E-state index contributed by atoms with van der Waals surface area (Å²) < 4.78 is 27.6. The van der Waals surface area contributed by atoms with Crippen LogP contribution >= 0.6 is 11.6 Å². The molecule has 9 heteroatoms. The molecule has 1 heterocycles. The van der Waals surface area contributed by atoms with Crippen LogP contribution < -0.4 is 9.62 Å². The number of benzene rings is 2. The van der Waals surface area contributed by atoms with E-state index in [1.54, 1.807) is 12.1 Å². The number of aromatic carboxylic acids is 1. The highest BCUT2D eigenvalue weighted by atomic mass is 35.5. The maximum Gasteiger partial charge on any atom is 0.339 e. The van der Waals surface area contributed by atoms with Gasteiger partial charge in [0.05, 0.1) is 16.9 Å². The Labute approximate surface area is 180 Å². The first kappa shape index (κ1) is 21.6. The lowest BCUT2D eigenvalue weighted by Crippen LogP contribution is -2.25. The molecule has 0 saturated heterocycles. The minimum Gasteiger partial charge on any atom is -0.478 e. The molecule has 0 aliphatic carbocycles. The largest absolute Gasteiger partial charge is 0.478 e. The van der Waals surface area contributed by atoms with Crippen molar-refractivity contribution >= 4 is 39.1 Å². The van der Waals surface area contributed by atoms with Gasteiger partial charge in [0.25, 0.3) is 10.0 Å². The van der Waals surface area contributed by atoms with E-state index >= 15 is 0 Å². The number of carboxylic acids is 1. The zero-order valence-electron chi connectivity index (χ0n) is 16.1. The molecule has 0 atom stereocenters. The summed E-state index contributed by atoms with van der Waals surface area (Å²) in [5.41, 5.74) is 0.931. The summed E-state index contributed by atoms with van der Waals surface area (Å²) in [6.07, 6.45) is 1.30. The summed E-state index contributed by atoms with van der Waals surface area (Å²) in [4.78, 5) is 17.8. The van der Waals surface area contributed by atoms with E-state index in [1.165, 1.54) is 24.4 Å². The van der Waals surface area contributed by atoms with Crippen LogP contribution in [-0.2, 0) is 16.6 Å². The lowest BCUT2D eigenvalue weighted by Gasteiger charge is -2.24. The number of sulfonamides is 1. The van der Waals surface area contributed by atoms with Gasteiger partial charge in [-0.1, -0.05) is 54.1 Å². The van der Waals surface area contributed by atoms with Crippen LogP contribution in [0.25, 0.3) is 0 Å². The van der Waals surface area contributed by atoms with Crippen molar-refractivity contribution in [2.45, 2.75) is 18.4 Å². The second-order valence-electron chi connectivity index (χ2n) is 6.44. The maximum absolute atomic E-state index is 12.6. The van der Waals surface area contributed by atoms with Gasteiger partial charge in [0.1, 0.15) is 16.3 Å². The number of hydrogen-bond donors (Lipinski definition) is 2. The van der Waals surface area contributed by atoms with Gasteiger partial charge in [-0.15, -0.1) is 0 Å². The maximum atomic E-state index is 12.6. The van der Waals surface area contributed by atoms with Crippen LogP contribution in [0.2, 0.25) is 5.02 Å². The molecule has 0 bridgehead atoms. The number of carbonyl (C=O) groups is 1. The van der Waals surface area contributed by atoms with Crippen molar-refractivity contribution in [1.82, 2.24) is 4.98 Å². The fraction of sp³-hybridized carbons (Fsp3) is 0.143. The van der Waals surface area contributed by atoms with Crippen LogP contribution in [0.3, 0.4) is 0 Å². The number of pyridine rings is 1. The zero-order chi connectivity index (χ0) is 21.7. The van der Waals surface area contributed by atoms with Crippen LogP contribution in [0.4, 0.5) is 11.5 Å². The molecular formula is C21H20ClN3O4S. The van der Waals surface area contributed by atoms with Crippen LogP contribution in [0.5, 0.6) is 0 Å². The van der Waals surface area contributed by atoms with E-state index in [0.717, 1.165) is 5.56 Å². The predicted octanol–water partition coefficient (Wildman–Crippen LogP) is 4.26. The van der Waals surface area contributed by atoms with Gasteiger partial charge in [-0.2, -0.15) is 0 Å². The zero-order valence-corrected chi connectivity index (χ0v) is 17.7. The first-order chi connectivity index (χ1) is 14.3. The summed E-state index contributed by atoms with van der Waals surface area (Å²) in [5.74, 6) is -0.947. The van der Waals surface area contributed by atoms with Crippen molar-refractivity contribution in [3.05, 3.63) is 83.0 Å². The molecule has 0 unspecified atom stereocenters. The number of nitrogens with zero attached hydrogens (tertiary/aromatic N) is 2. The number of hydrogen-bond acceptors (Lipinski definition) is 5. The van der Waals surface area contributed by atoms with Gasteiger partial charge in [-0.05, 0) is 30.7 Å². The van der Waals surface area contributed by atoms with E-state index in [0.29, 0.717) is 13.1 Å². The summed E-state index contributed by atoms with van der Waals surface area (Å²) in [6.45, 7) is 2.88. The number of carboxylic acid groups (broad SMARTS) is 1. The monoisotopic (exact) mass is 445 g/mol. The summed E-state index contributed by atoms with van der Waals surface area (Å²) >= 11 is 5.98. The Morgan fingerprint density at radius 1 is 1.13 bits per heavy atom. The molecule has 0 spiro atoms. The third-order valence-corrected chi connectivity index (χ3v) is 6.25. The van der Waals surface area contributed by atoms with Gasteiger partial charge < -0.3 is 10.0 Å². The SMILES string of the molecule is CCN(Cc1ccccc1)c1ncc(NS(=O)(=O)c2ccccc2Cl)cc1C(=O)O. The Balaban J connectivity index is 1.93. The van der Waals surface area contributed by atoms with E-state index in [1.807, 2.05) is 42.2 Å². The van der Waals surface area contributed by atoms with Crippen molar-refractivity contribution in [1.29, 1.82) is 0 Å². The smallest absolute Gasteiger partial charge is 0.339 e. The van der Waals surface area contributed by atoms with Crippen molar-refractivity contribution in [2.24, 2.45) is 0 Å². The lowest BCUT2D eigenvalue weighted by molar-refractivity contribution is 0.0697. The van der Waals surface area contributed by atoms with Crippen molar-refractivity contribution < 1.29 is 18.3 Å². The molecule has 0 fully saturated rings. The van der Waals surface area contributed by atoms with E-state index in [-0.39, 0.29) is 27.0 Å². The molecule has 156 valence electrons. The Bertz CT molecular complexity index is 1150. The summed E-state index contributed by atoms with van der Waals surface area (Å²) in [7, 11) is -4.00. The van der Waals surface area contributed by atoms with Crippen LogP contribution in [0, 0.1) is 0 Å². The molecule has 30 heavy (non-hydrogen) atoms. The topological polar surface area (TPSA) is 99.6 Å². The third kappa shape index (κ3) is 4.90. The average molecular weight is 446 g/mol. The minimum atomic E-state index is -4.00. The second-order valence-corrected chi connectivity index (χ2v) is 8.49. The number of anilines is 2. The van der Waals surface area contributed by atoms with Crippen molar-refractivity contribution in [3.8, 4) is 0 Å². The Morgan fingerprint density at radius 2 is 1.80 bits per heavy atom. The number of aromatic nitrogens is 1. The summed E-state index contributed by atoms with van der Waals surface area (Å²) in [5, 5.41) is 9.76. The van der Waals surface area contributed by atoms with E-state index in [2.05, 4.69) is 9.71 Å². The molecule has 0 amide bonds. The van der Waals surface area contributed by atoms with Gasteiger partial charge in [0.2, 0.25) is 0 Å². The number of rotatable bonds is 8. The standard InChI is InChI=1S/C21H20ClN3O4S/c1-2-25(14-15-8-4-3-5-9-15)20-17(21(26)27)12-16(13-23-20)24-30(28,29)19-11-7-6-10-18(19)22/h3-13,24H,2,14H2,1H3,(H,26,27). The molecule has 0 radical (unpaired) electrons. The molecule has 3 aromatic rings. The van der Waals surface area contributed by atoms with E-state index in [9.17, 15) is 18.3 Å². The molecule has 1 aromatic heterocycles. The molecule has 2 aromatic carbocycles. The number of nitrogens with one attached hydrogen (secondary N) is 1. The van der Waals surface area contributed by atoms with Gasteiger partial charge in [-0.3, -0.25) is 4.72 Å². The van der Waals surface area contributed by atoms with E-state index < -0.39 is 16.0 Å². The normalized spacial score (nSPS) is 11.1. The third-order valence-electron chi connectivity index (χ3n) is 4.37. The van der Waals surface area contributed by atoms with E-state index in [4.69, 9.17) is 11.6 Å². The van der Waals surface area contributed by atoms with Gasteiger partial charge in [0, 0.05) is 13.1 Å². The van der Waals surface area contributed by atoms with Gasteiger partial charge in [-0.25, -0.2) is 18.2 Å². The molecule has 0 aliphatic heterocycles. The van der Waals surface area contributed by atoms with Crippen molar-refractivity contribution in [3.63, 3.8) is 0 Å². The fourth-order valence-corrected chi connectivity index (χ4v) is 4.49. The lowest BCUT2D eigenvalue weighted by atomic mass is 10.2. The Morgan fingerprint density at radius 3 is 2.43 bits per heavy atom. The van der Waals surface area contributed by atoms with Gasteiger partial charge >= 0.3 is 5.97 Å². The van der Waals surface area contributed by atoms with Crippen LogP contribution in [-0.4, -0.2) is 31.0 Å². The first-order valence-electron chi connectivity index (χ1n) is 9.11. The van der Waals surface area contributed by atoms with Crippen LogP contribution in [0.15, 0.2) is 71.8 Å². The quantitative estimate of drug-likeness (QED) is 0.537. The van der Waals surface area contributed by atoms with Crippen molar-refractivity contribution in [2.75, 3.05) is 16.2 Å². The molecule has 2 N–H and O–H groups in total. The number of halogens is 1. The first-order valence-corrected chi connectivity index (χ1v) is 11.0. The molecule has 3 rings (SSSR count). The minimum absolute atomic E-state index is 0.0341. The highest BCUT2D eigenvalue weighted by Crippen LogP contribution is 2.26. The molecule has 7 nitrogen and oxygen atoms in total. The van der Waals surface area contributed by atoms with Gasteiger partial charge in [0.15, 0.2) is 0 Å². The average Bonchev–Trinajstić information content (AvgIpc) is 2.72. The molecule has 0 aliphatic rings. The molecule has 0 saturated carbocycles.